The summed E-state index contributed by atoms with van der Waals surface area (Å²) < 4.78 is 12.2. The van der Waals surface area contributed by atoms with Crippen molar-refractivity contribution >= 4 is 13.3 Å². The predicted octanol–water partition coefficient (Wildman–Crippen LogP) is 1.35. The molecule has 0 aliphatic rings. The predicted molar refractivity (Wildman–Crippen MR) is 45.7 cm³/mol. The second-order valence-corrected chi connectivity index (χ2v) is 1.86. The highest BCUT2D eigenvalue weighted by Crippen LogP contribution is 1.92. The highest BCUT2D eigenvalue weighted by atomic mass is 19.1. The third-order valence-electron chi connectivity index (χ3n) is 1.12. The molecule has 0 amide bonds. The van der Waals surface area contributed by atoms with Gasteiger partial charge in [-0.25, -0.2) is 4.98 Å². The molecule has 0 fully saturated rings. The van der Waals surface area contributed by atoms with Crippen LogP contribution >= 0.6 is 0 Å². The molecule has 0 spiro atoms. The van der Waals surface area contributed by atoms with Crippen molar-refractivity contribution in [3.63, 3.8) is 0 Å². The summed E-state index contributed by atoms with van der Waals surface area (Å²) in [7, 11) is 5.36. The van der Waals surface area contributed by atoms with Crippen molar-refractivity contribution in [2.45, 2.75) is 20.8 Å². The van der Waals surface area contributed by atoms with Crippen LogP contribution in [0.3, 0.4) is 0 Å². The number of aryl methyl sites for hydroxylation is 1. The second kappa shape index (κ2) is 4.88. The van der Waals surface area contributed by atoms with Gasteiger partial charge in [-0.2, -0.15) is 4.39 Å². The van der Waals surface area contributed by atoms with Crippen molar-refractivity contribution in [1.82, 2.24) is 4.98 Å². The number of hydrogen-bond acceptors (Lipinski definition) is 1. The fourth-order valence-electron chi connectivity index (χ4n) is 0.532. The Labute approximate surface area is 68.1 Å². The summed E-state index contributed by atoms with van der Waals surface area (Å²) >= 11 is 0. The number of pyridine rings is 1. The van der Waals surface area contributed by atoms with E-state index in [1.54, 1.807) is 6.92 Å². The topological polar surface area (TPSA) is 12.9 Å². The molecule has 0 atom stereocenters. The first-order valence-corrected chi connectivity index (χ1v) is 3.58. The van der Waals surface area contributed by atoms with Crippen molar-refractivity contribution in [1.29, 1.82) is 0 Å². The first kappa shape index (κ1) is 10.1. The van der Waals surface area contributed by atoms with Gasteiger partial charge in [0.15, 0.2) is 0 Å². The molecule has 0 saturated carbocycles. The number of rotatable bonds is 0. The average molecular weight is 151 g/mol. The Balaban J connectivity index is 0.000000461. The quantitative estimate of drug-likeness (QED) is 0.402. The molecular weight excluding hydrogens is 140 g/mol. The summed E-state index contributed by atoms with van der Waals surface area (Å²) in [6.07, 6.45) is 1.31. The molecule has 0 aromatic carbocycles. The molecule has 0 aliphatic carbocycles. The zero-order valence-corrected chi connectivity index (χ0v) is 7.06. The van der Waals surface area contributed by atoms with E-state index in [0.29, 0.717) is 5.46 Å². The van der Waals surface area contributed by atoms with Crippen LogP contribution in [-0.4, -0.2) is 12.8 Å². The van der Waals surface area contributed by atoms with E-state index in [2.05, 4.69) is 4.98 Å². The molecule has 0 unspecified atom stereocenters. The highest BCUT2D eigenvalue weighted by molar-refractivity contribution is 6.33. The van der Waals surface area contributed by atoms with E-state index >= 15 is 0 Å². The Morgan fingerprint density at radius 2 is 2.00 bits per heavy atom. The molecule has 1 nitrogen and oxygen atoms in total. The summed E-state index contributed by atoms with van der Waals surface area (Å²) in [5.74, 6) is -0.485. The summed E-state index contributed by atoms with van der Waals surface area (Å²) in [6.45, 7) is 5.74. The van der Waals surface area contributed by atoms with Crippen LogP contribution in [0.5, 0.6) is 0 Å². The fraction of sp³-hybridized carbons (Fsp3) is 0.375. The zero-order valence-electron chi connectivity index (χ0n) is 7.06. The molecule has 1 aromatic rings. The molecule has 0 N–H and O–H groups in total. The maximum atomic E-state index is 12.2. The first-order chi connectivity index (χ1) is 5.20. The third kappa shape index (κ3) is 3.17. The van der Waals surface area contributed by atoms with E-state index in [-0.39, 0.29) is 0 Å². The van der Waals surface area contributed by atoms with E-state index in [9.17, 15) is 4.39 Å². The number of aromatic nitrogens is 1. The van der Waals surface area contributed by atoms with E-state index in [1.807, 2.05) is 13.8 Å². The largest absolute Gasteiger partial charge is 0.229 e. The molecule has 58 valence electrons. The Morgan fingerprint density at radius 1 is 1.45 bits per heavy atom. The monoisotopic (exact) mass is 151 g/mol. The number of hydrogen-bond donors (Lipinski definition) is 0. The maximum absolute atomic E-state index is 12.2. The molecule has 0 aliphatic heterocycles. The molecule has 11 heavy (non-hydrogen) atoms. The van der Waals surface area contributed by atoms with Gasteiger partial charge in [-0.05, 0) is 13.0 Å². The van der Waals surface area contributed by atoms with Gasteiger partial charge in [0.25, 0.3) is 0 Å². The molecule has 1 aromatic heterocycles. The van der Waals surface area contributed by atoms with Gasteiger partial charge < -0.3 is 0 Å². The minimum Gasteiger partial charge on any atom is -0.229 e. The minimum absolute atomic E-state index is 0.485. The van der Waals surface area contributed by atoms with Crippen LogP contribution in [0.4, 0.5) is 4.39 Å². The molecule has 0 saturated heterocycles. The summed E-state index contributed by atoms with van der Waals surface area (Å²) in [5.41, 5.74) is 1.25. The first-order valence-electron chi connectivity index (χ1n) is 3.58. The van der Waals surface area contributed by atoms with E-state index in [0.717, 1.165) is 5.56 Å². The maximum Gasteiger partial charge on any atom is 0.213 e. The van der Waals surface area contributed by atoms with E-state index in [4.69, 9.17) is 7.85 Å². The lowest BCUT2D eigenvalue weighted by atomic mass is 9.94. The average Bonchev–Trinajstić information content (AvgIpc) is 2.02. The summed E-state index contributed by atoms with van der Waals surface area (Å²) in [4.78, 5) is 3.35. The Kier molecular flexibility index (Phi) is 4.50. The standard InChI is InChI=1S/C6H5BFN.C2H6/c1-4-2-6(8)9-3-5(4)7;1-2/h2-3H,1H3;1-2H3. The van der Waals surface area contributed by atoms with Crippen molar-refractivity contribution < 1.29 is 4.39 Å². The molecule has 1 heterocycles. The van der Waals surface area contributed by atoms with Gasteiger partial charge in [-0.3, -0.25) is 0 Å². The zero-order chi connectivity index (χ0) is 8.85. The lowest BCUT2D eigenvalue weighted by molar-refractivity contribution is 0.583. The van der Waals surface area contributed by atoms with Crippen LogP contribution in [-0.2, 0) is 0 Å². The number of nitrogens with zero attached hydrogens (tertiary/aromatic N) is 1. The minimum atomic E-state index is -0.485. The van der Waals surface area contributed by atoms with Crippen molar-refractivity contribution in [3.05, 3.63) is 23.8 Å². The Morgan fingerprint density at radius 3 is 2.36 bits per heavy atom. The van der Waals surface area contributed by atoms with Crippen molar-refractivity contribution in [2.75, 3.05) is 0 Å². The molecular formula is C8H11BFN. The smallest absolute Gasteiger partial charge is 0.213 e. The van der Waals surface area contributed by atoms with Gasteiger partial charge in [-0.1, -0.05) is 24.9 Å². The van der Waals surface area contributed by atoms with Gasteiger partial charge in [0.2, 0.25) is 5.95 Å². The van der Waals surface area contributed by atoms with E-state index < -0.39 is 5.95 Å². The Bertz CT molecular complexity index is 225. The Hall–Kier alpha value is -0.855. The van der Waals surface area contributed by atoms with Crippen LogP contribution in [0.2, 0.25) is 0 Å². The fourth-order valence-corrected chi connectivity index (χ4v) is 0.532. The van der Waals surface area contributed by atoms with Gasteiger partial charge in [0.05, 0.1) is 0 Å². The SMILES string of the molecule is CC.[B]c1cnc(F)cc1C. The van der Waals surface area contributed by atoms with Crippen LogP contribution < -0.4 is 5.46 Å². The highest BCUT2D eigenvalue weighted by Gasteiger charge is 1.92. The van der Waals surface area contributed by atoms with Crippen LogP contribution in [0.15, 0.2) is 12.3 Å². The van der Waals surface area contributed by atoms with E-state index in [1.165, 1.54) is 12.3 Å². The van der Waals surface area contributed by atoms with Gasteiger partial charge in [0.1, 0.15) is 7.85 Å². The van der Waals surface area contributed by atoms with Gasteiger partial charge in [-0.15, -0.1) is 0 Å². The molecule has 2 radical (unpaired) electrons. The van der Waals surface area contributed by atoms with Crippen molar-refractivity contribution in [2.24, 2.45) is 0 Å². The van der Waals surface area contributed by atoms with Gasteiger partial charge in [0, 0.05) is 6.20 Å². The third-order valence-corrected chi connectivity index (χ3v) is 1.12. The summed E-state index contributed by atoms with van der Waals surface area (Å²) in [6, 6.07) is 1.30. The second-order valence-electron chi connectivity index (χ2n) is 1.86. The van der Waals surface area contributed by atoms with Gasteiger partial charge >= 0.3 is 0 Å². The lowest BCUT2D eigenvalue weighted by Crippen LogP contribution is -2.08. The molecule has 3 heteroatoms. The molecule has 1 rings (SSSR count). The number of halogens is 1. The van der Waals surface area contributed by atoms with Crippen LogP contribution in [0.1, 0.15) is 19.4 Å². The lowest BCUT2D eigenvalue weighted by Gasteiger charge is -1.95. The summed E-state index contributed by atoms with van der Waals surface area (Å²) in [5, 5.41) is 0. The molecule has 0 bridgehead atoms. The van der Waals surface area contributed by atoms with Crippen LogP contribution in [0, 0.1) is 12.9 Å². The van der Waals surface area contributed by atoms with Crippen LogP contribution in [0.25, 0.3) is 0 Å². The van der Waals surface area contributed by atoms with Crippen molar-refractivity contribution in [3.8, 4) is 0 Å². The normalized spacial score (nSPS) is 8.36.